The Hall–Kier alpha value is -3.62. The number of nitrogens with zero attached hydrogens (tertiary/aromatic N) is 5. The van der Waals surface area contributed by atoms with Gasteiger partial charge in [-0.3, -0.25) is 9.69 Å². The Morgan fingerprint density at radius 2 is 2.02 bits per heavy atom. The van der Waals surface area contributed by atoms with Gasteiger partial charge in [0.1, 0.15) is 11.3 Å². The van der Waals surface area contributed by atoms with E-state index in [0.29, 0.717) is 49.0 Å². The van der Waals surface area contributed by atoms with E-state index in [1.165, 1.54) is 12.1 Å². The molecule has 8 rings (SSSR count). The van der Waals surface area contributed by atoms with E-state index in [-0.39, 0.29) is 69.3 Å². The van der Waals surface area contributed by atoms with Crippen LogP contribution in [-0.4, -0.2) is 75.2 Å². The van der Waals surface area contributed by atoms with Crippen LogP contribution in [0.5, 0.6) is 11.6 Å². The van der Waals surface area contributed by atoms with Gasteiger partial charge in [0.2, 0.25) is 11.8 Å². The minimum atomic E-state index is -0.633. The average Bonchev–Trinajstić information content (AvgIpc) is 3.76. The zero-order valence-electron chi connectivity index (χ0n) is 26.6. The summed E-state index contributed by atoms with van der Waals surface area (Å²) in [6.45, 7) is 9.50. The first-order valence-electron chi connectivity index (χ1n) is 16.2. The number of pyridine rings is 1. The van der Waals surface area contributed by atoms with Crippen LogP contribution in [0.15, 0.2) is 24.3 Å². The number of carbonyl (C=O) groups excluding carboxylic acids is 1. The number of hydrogen-bond donors (Lipinski definition) is 2. The van der Waals surface area contributed by atoms with Crippen LogP contribution in [0, 0.1) is 23.1 Å². The van der Waals surface area contributed by atoms with Crippen molar-refractivity contribution >= 4 is 50.9 Å². The van der Waals surface area contributed by atoms with Crippen molar-refractivity contribution in [3.05, 3.63) is 51.4 Å². The molecule has 9 nitrogen and oxygen atoms in total. The number of aryl methyl sites for hydroxylation is 1. The molecule has 4 fully saturated rings. The Morgan fingerprint density at radius 1 is 1.21 bits per heavy atom. The number of aromatic nitrogens is 2. The van der Waals surface area contributed by atoms with E-state index >= 15 is 4.39 Å². The summed E-state index contributed by atoms with van der Waals surface area (Å²) in [5.41, 5.74) is 2.77. The van der Waals surface area contributed by atoms with Crippen molar-refractivity contribution in [2.75, 3.05) is 32.8 Å². The molecule has 1 saturated carbocycles. The van der Waals surface area contributed by atoms with Crippen molar-refractivity contribution in [2.45, 2.75) is 64.7 Å². The monoisotopic (exact) mass is 678 g/mol. The van der Waals surface area contributed by atoms with Gasteiger partial charge in [0, 0.05) is 66.4 Å². The average molecular weight is 680 g/mol. The van der Waals surface area contributed by atoms with Gasteiger partial charge in [-0.25, -0.2) is 9.37 Å². The van der Waals surface area contributed by atoms with Gasteiger partial charge in [-0.2, -0.15) is 5.26 Å². The number of carbonyl (C=O) groups is 1. The first kappa shape index (κ1) is 32.0. The van der Waals surface area contributed by atoms with E-state index < -0.39 is 5.82 Å². The quantitative estimate of drug-likeness (QED) is 0.210. The molecule has 2 bridgehead atoms. The number of amides is 1. The highest BCUT2D eigenvalue weighted by Crippen LogP contribution is 2.49. The lowest BCUT2D eigenvalue weighted by atomic mass is 9.79. The fraction of sp³-hybridized carbons (Fsp3) is 0.457. The summed E-state index contributed by atoms with van der Waals surface area (Å²) in [6, 6.07) is 9.48. The maximum atomic E-state index is 17.1. The number of phenols is 1. The summed E-state index contributed by atoms with van der Waals surface area (Å²) < 4.78 is 25.5. The van der Waals surface area contributed by atoms with Crippen molar-refractivity contribution in [3.63, 3.8) is 0 Å². The second kappa shape index (κ2) is 12.4. The van der Waals surface area contributed by atoms with Crippen LogP contribution >= 0.6 is 23.2 Å². The first-order chi connectivity index (χ1) is 22.6. The van der Waals surface area contributed by atoms with Gasteiger partial charge >= 0.3 is 0 Å². The van der Waals surface area contributed by atoms with Gasteiger partial charge in [0.15, 0.2) is 5.82 Å². The summed E-state index contributed by atoms with van der Waals surface area (Å²) in [7, 11) is 0. The maximum Gasteiger partial charge on any atom is 0.237 e. The van der Waals surface area contributed by atoms with E-state index in [2.05, 4.69) is 40.8 Å². The Bertz CT molecular complexity index is 1940. The highest BCUT2D eigenvalue weighted by molar-refractivity contribution is 6.44. The van der Waals surface area contributed by atoms with Crippen molar-refractivity contribution in [3.8, 4) is 28.8 Å². The number of rotatable bonds is 9. The molecule has 2 N–H and O–H groups in total. The van der Waals surface area contributed by atoms with E-state index in [1.807, 2.05) is 17.9 Å². The number of fused-ring (bicyclic) bond motifs is 4. The molecule has 3 atom stereocenters. The number of nitrogens with one attached hydrogen (secondary N) is 1. The van der Waals surface area contributed by atoms with Crippen molar-refractivity contribution in [2.24, 2.45) is 5.92 Å². The van der Waals surface area contributed by atoms with Crippen molar-refractivity contribution < 1.29 is 19.0 Å². The second-order valence-corrected chi connectivity index (χ2v) is 13.9. The number of piperazine rings is 1. The van der Waals surface area contributed by atoms with Gasteiger partial charge in [-0.05, 0) is 63.3 Å². The molecular formula is C35H37Cl2FN6O3. The Kier molecular flexibility index (Phi) is 8.46. The van der Waals surface area contributed by atoms with Gasteiger partial charge < -0.3 is 24.6 Å². The third-order valence-electron chi connectivity index (χ3n) is 10.0. The van der Waals surface area contributed by atoms with Gasteiger partial charge in [-0.1, -0.05) is 23.2 Å². The highest BCUT2D eigenvalue weighted by Gasteiger charge is 2.49. The number of aromatic hydroxyl groups is 1. The van der Waals surface area contributed by atoms with Crippen molar-refractivity contribution in [1.82, 2.24) is 24.7 Å². The minimum absolute atomic E-state index is 0.0839. The highest BCUT2D eigenvalue weighted by atomic mass is 35.5. The number of nitriles is 1. The topological polar surface area (TPSA) is 107 Å². The third kappa shape index (κ3) is 5.38. The lowest BCUT2D eigenvalue weighted by Gasteiger charge is -2.40. The number of ether oxygens (including phenoxy) is 1. The lowest BCUT2D eigenvalue weighted by molar-refractivity contribution is -0.137. The zero-order chi connectivity index (χ0) is 33.1. The summed E-state index contributed by atoms with van der Waals surface area (Å²) >= 11 is 12.9. The van der Waals surface area contributed by atoms with E-state index in [1.54, 1.807) is 0 Å². The first-order valence-corrected chi connectivity index (χ1v) is 17.0. The van der Waals surface area contributed by atoms with Crippen LogP contribution in [0.2, 0.25) is 10.0 Å². The number of hydrogen-bond acceptors (Lipinski definition) is 7. The summed E-state index contributed by atoms with van der Waals surface area (Å²) in [4.78, 5) is 22.2. The normalized spacial score (nSPS) is 21.2. The third-order valence-corrected chi connectivity index (χ3v) is 10.8. The number of halogens is 3. The van der Waals surface area contributed by atoms with Crippen LogP contribution in [0.3, 0.4) is 0 Å². The molecule has 1 amide bonds. The Morgan fingerprint density at radius 3 is 2.68 bits per heavy atom. The molecule has 0 radical (unpaired) electrons. The van der Waals surface area contributed by atoms with Crippen LogP contribution < -0.4 is 10.1 Å². The fourth-order valence-electron chi connectivity index (χ4n) is 7.67. The summed E-state index contributed by atoms with van der Waals surface area (Å²) in [6.07, 6.45) is 1.44. The maximum absolute atomic E-state index is 17.1. The van der Waals surface area contributed by atoms with E-state index in [9.17, 15) is 15.2 Å². The molecule has 4 aliphatic rings. The molecular weight excluding hydrogens is 642 g/mol. The minimum Gasteiger partial charge on any atom is -0.508 e. The molecule has 2 aromatic heterocycles. The van der Waals surface area contributed by atoms with E-state index in [4.69, 9.17) is 32.9 Å². The number of benzene rings is 2. The summed E-state index contributed by atoms with van der Waals surface area (Å²) in [5.74, 6) is -0.00229. The van der Waals surface area contributed by atoms with Crippen LogP contribution in [0.4, 0.5) is 4.39 Å². The molecule has 246 valence electrons. The smallest absolute Gasteiger partial charge is 0.237 e. The molecule has 3 saturated heterocycles. The zero-order valence-corrected chi connectivity index (χ0v) is 28.1. The van der Waals surface area contributed by atoms with Crippen LogP contribution in [0.1, 0.15) is 50.9 Å². The fourth-order valence-corrected chi connectivity index (χ4v) is 8.09. The van der Waals surface area contributed by atoms with Crippen molar-refractivity contribution in [1.29, 1.82) is 5.26 Å². The molecule has 47 heavy (non-hydrogen) atoms. The van der Waals surface area contributed by atoms with Gasteiger partial charge in [0.05, 0.1) is 52.8 Å². The second-order valence-electron chi connectivity index (χ2n) is 13.1. The molecule has 4 aromatic rings. The standard InChI is InChI=1S/C35H37Cl2FN6O3/c1-4-47-35-25-12-21(16-43-9-8-42(18(2)3)17-28(43)46)44(33-20-11-27(33)40-15-20)34(25)24-10-19(6-5-7-39)29(31(38)32(24)41-35)23-13-22(45)14-26(36)30(23)37/h10,12-14,18,20,27,33,40,45H,4-6,8-9,11,15-17H2,1-3H3/t20-,27-,33+/m1/s1. The van der Waals surface area contributed by atoms with Gasteiger partial charge in [-0.15, -0.1) is 0 Å². The lowest BCUT2D eigenvalue weighted by Crippen LogP contribution is -2.52. The predicted octanol–water partition coefficient (Wildman–Crippen LogP) is 6.45. The molecule has 3 aliphatic heterocycles. The molecule has 0 spiro atoms. The number of phenolic OH excluding ortho intramolecular Hbond substituents is 1. The molecule has 5 heterocycles. The Labute approximate surface area is 282 Å². The predicted molar refractivity (Wildman–Crippen MR) is 180 cm³/mol. The van der Waals surface area contributed by atoms with Gasteiger partial charge in [0.25, 0.3) is 0 Å². The molecule has 2 aromatic carbocycles. The SMILES string of the molecule is CCOc1nc2c(F)c(-c3cc(O)cc(Cl)c3Cl)c(CCC#N)cc2c2c1cc(CN1CCN(C(C)C)CC1=O)n2[C@H]1[C@H]2CN[C@@H]1C2. The van der Waals surface area contributed by atoms with Crippen LogP contribution in [0.25, 0.3) is 32.9 Å². The Balaban J connectivity index is 1.48. The largest absolute Gasteiger partial charge is 0.508 e. The molecule has 12 heteroatoms. The molecule has 1 aliphatic carbocycles. The molecule has 0 unspecified atom stereocenters. The van der Waals surface area contributed by atoms with E-state index in [0.717, 1.165) is 36.1 Å². The van der Waals surface area contributed by atoms with Crippen LogP contribution in [-0.2, 0) is 17.8 Å². The summed E-state index contributed by atoms with van der Waals surface area (Å²) in [5, 5.41) is 25.1.